The van der Waals surface area contributed by atoms with Gasteiger partial charge in [0.2, 0.25) is 0 Å². The molecule has 1 saturated heterocycles. The molecule has 1 aliphatic rings. The minimum atomic E-state index is -0.452. The van der Waals surface area contributed by atoms with Gasteiger partial charge in [0.25, 0.3) is 5.91 Å². The van der Waals surface area contributed by atoms with Gasteiger partial charge in [-0.3, -0.25) is 9.78 Å². The molecular weight excluding hydrogens is 306 g/mol. The lowest BCUT2D eigenvalue weighted by atomic mass is 10.2. The molecule has 7 heteroatoms. The summed E-state index contributed by atoms with van der Waals surface area (Å²) in [6, 6.07) is 9.68. The molecule has 4 rings (SSSR count). The first-order valence-electron chi connectivity index (χ1n) is 7.89. The molecule has 1 fully saturated rings. The normalized spacial score (nSPS) is 17.6. The second kappa shape index (κ2) is 5.68. The predicted octanol–water partition coefficient (Wildman–Crippen LogP) is 1.33. The molecule has 0 unspecified atom stereocenters. The molecule has 1 N–H and O–H groups in total. The number of nitrogens with zero attached hydrogens (tertiary/aromatic N) is 5. The Morgan fingerprint density at radius 1 is 1.29 bits per heavy atom. The van der Waals surface area contributed by atoms with Crippen molar-refractivity contribution in [1.82, 2.24) is 24.9 Å². The lowest BCUT2D eigenvalue weighted by molar-refractivity contribution is 0.0758. The summed E-state index contributed by atoms with van der Waals surface area (Å²) in [6.45, 7) is 2.71. The van der Waals surface area contributed by atoms with Crippen LogP contribution in [0.2, 0.25) is 0 Å². The Labute approximate surface area is 138 Å². The fourth-order valence-corrected chi connectivity index (χ4v) is 3.09. The van der Waals surface area contributed by atoms with E-state index in [0.29, 0.717) is 30.9 Å². The molecule has 1 aliphatic heterocycles. The highest BCUT2D eigenvalue weighted by atomic mass is 16.3. The predicted molar refractivity (Wildman–Crippen MR) is 87.9 cm³/mol. The molecule has 1 amide bonds. The molecule has 3 heterocycles. The number of para-hydroxylation sites is 1. The number of benzene rings is 1. The van der Waals surface area contributed by atoms with Gasteiger partial charge in [-0.15, -0.1) is 5.10 Å². The SMILES string of the molecule is Cc1c(C(=O)N2CC[C@@H](O)C2)nnn1-c1cccc2cccnc12. The van der Waals surface area contributed by atoms with Crippen molar-refractivity contribution in [2.45, 2.75) is 19.4 Å². The zero-order chi connectivity index (χ0) is 16.7. The fraction of sp³-hybridized carbons (Fsp3) is 0.294. The van der Waals surface area contributed by atoms with Crippen LogP contribution in [0, 0.1) is 6.92 Å². The van der Waals surface area contributed by atoms with Crippen LogP contribution in [0.5, 0.6) is 0 Å². The van der Waals surface area contributed by atoms with Crippen LogP contribution in [-0.2, 0) is 0 Å². The lowest BCUT2D eigenvalue weighted by Gasteiger charge is -2.14. The monoisotopic (exact) mass is 323 g/mol. The van der Waals surface area contributed by atoms with Crippen LogP contribution < -0.4 is 0 Å². The van der Waals surface area contributed by atoms with Crippen molar-refractivity contribution in [3.05, 3.63) is 47.9 Å². The Balaban J connectivity index is 1.75. The van der Waals surface area contributed by atoms with Crippen LogP contribution in [0.4, 0.5) is 0 Å². The summed E-state index contributed by atoms with van der Waals surface area (Å²) in [5, 5.41) is 18.9. The Morgan fingerprint density at radius 3 is 2.92 bits per heavy atom. The number of rotatable bonds is 2. The molecule has 3 aromatic rings. The highest BCUT2D eigenvalue weighted by Crippen LogP contribution is 2.22. The first-order valence-corrected chi connectivity index (χ1v) is 7.89. The molecule has 122 valence electrons. The Kier molecular flexibility index (Phi) is 3.50. The quantitative estimate of drug-likeness (QED) is 0.769. The number of aromatic nitrogens is 4. The average molecular weight is 323 g/mol. The van der Waals surface area contributed by atoms with Gasteiger partial charge in [0.1, 0.15) is 0 Å². The molecule has 7 nitrogen and oxygen atoms in total. The van der Waals surface area contributed by atoms with Crippen molar-refractivity contribution in [3.63, 3.8) is 0 Å². The third-order valence-corrected chi connectivity index (χ3v) is 4.39. The first-order chi connectivity index (χ1) is 11.6. The van der Waals surface area contributed by atoms with E-state index >= 15 is 0 Å². The second-order valence-corrected chi connectivity index (χ2v) is 5.98. The van der Waals surface area contributed by atoms with Crippen molar-refractivity contribution >= 4 is 16.8 Å². The van der Waals surface area contributed by atoms with Crippen molar-refractivity contribution in [3.8, 4) is 5.69 Å². The maximum absolute atomic E-state index is 12.6. The summed E-state index contributed by atoms with van der Waals surface area (Å²) in [5.41, 5.74) is 2.58. The first kappa shape index (κ1) is 14.8. The number of hydrogen-bond acceptors (Lipinski definition) is 5. The van der Waals surface area contributed by atoms with Crippen molar-refractivity contribution < 1.29 is 9.90 Å². The molecule has 0 aliphatic carbocycles. The van der Waals surface area contributed by atoms with Gasteiger partial charge in [-0.1, -0.05) is 23.4 Å². The molecule has 0 spiro atoms. The topological polar surface area (TPSA) is 84.1 Å². The number of hydrogen-bond donors (Lipinski definition) is 1. The largest absolute Gasteiger partial charge is 0.391 e. The summed E-state index contributed by atoms with van der Waals surface area (Å²) in [4.78, 5) is 18.6. The summed E-state index contributed by atoms with van der Waals surface area (Å²) in [5.74, 6) is -0.191. The Bertz CT molecular complexity index is 915. The van der Waals surface area contributed by atoms with Crippen molar-refractivity contribution in [2.75, 3.05) is 13.1 Å². The Hall–Kier alpha value is -2.80. The molecule has 0 bridgehead atoms. The third kappa shape index (κ3) is 2.33. The number of β-amino-alcohol motifs (C(OH)–C–C–N with tert-alkyl or cyclic N) is 1. The van der Waals surface area contributed by atoms with E-state index in [1.807, 2.05) is 37.3 Å². The van der Waals surface area contributed by atoms with E-state index in [2.05, 4.69) is 15.3 Å². The number of aliphatic hydroxyl groups excluding tert-OH is 1. The highest BCUT2D eigenvalue weighted by molar-refractivity contribution is 5.94. The van der Waals surface area contributed by atoms with Crippen molar-refractivity contribution in [2.24, 2.45) is 0 Å². The molecular formula is C17H17N5O2. The van der Waals surface area contributed by atoms with E-state index in [9.17, 15) is 9.90 Å². The van der Waals surface area contributed by atoms with E-state index in [0.717, 1.165) is 16.6 Å². The maximum Gasteiger partial charge on any atom is 0.276 e. The molecule has 2 aromatic heterocycles. The molecule has 1 aromatic carbocycles. The highest BCUT2D eigenvalue weighted by Gasteiger charge is 2.29. The number of carbonyl (C=O) groups is 1. The van der Waals surface area contributed by atoms with Crippen LogP contribution in [-0.4, -0.2) is 55.1 Å². The summed E-state index contributed by atoms with van der Waals surface area (Å²) < 4.78 is 1.65. The van der Waals surface area contributed by atoms with Crippen LogP contribution in [0.25, 0.3) is 16.6 Å². The number of amides is 1. The molecule has 1 atom stereocenters. The number of fused-ring (bicyclic) bond motifs is 1. The van der Waals surface area contributed by atoms with Crippen LogP contribution >= 0.6 is 0 Å². The summed E-state index contributed by atoms with van der Waals surface area (Å²) in [7, 11) is 0. The third-order valence-electron chi connectivity index (χ3n) is 4.39. The molecule has 0 saturated carbocycles. The standard InChI is InChI=1S/C17H17N5O2/c1-11-15(17(24)21-9-7-13(23)10-21)19-20-22(11)14-6-2-4-12-5-3-8-18-16(12)14/h2-6,8,13,23H,7,9-10H2,1H3/t13-/m1/s1. The van der Waals surface area contributed by atoms with E-state index in [1.165, 1.54) is 0 Å². The van der Waals surface area contributed by atoms with Crippen molar-refractivity contribution in [1.29, 1.82) is 0 Å². The fourth-order valence-electron chi connectivity index (χ4n) is 3.09. The zero-order valence-electron chi connectivity index (χ0n) is 13.3. The minimum Gasteiger partial charge on any atom is -0.391 e. The number of aliphatic hydroxyl groups is 1. The lowest BCUT2D eigenvalue weighted by Crippen LogP contribution is -2.30. The smallest absolute Gasteiger partial charge is 0.276 e. The van der Waals surface area contributed by atoms with E-state index in [1.54, 1.807) is 15.8 Å². The number of carbonyl (C=O) groups excluding carboxylic acids is 1. The van der Waals surface area contributed by atoms with E-state index in [4.69, 9.17) is 0 Å². The van der Waals surface area contributed by atoms with Crippen LogP contribution in [0.1, 0.15) is 22.6 Å². The number of pyridine rings is 1. The molecule has 24 heavy (non-hydrogen) atoms. The van der Waals surface area contributed by atoms with Gasteiger partial charge in [-0.25, -0.2) is 4.68 Å². The van der Waals surface area contributed by atoms with Gasteiger partial charge in [0, 0.05) is 24.7 Å². The van der Waals surface area contributed by atoms with Crippen LogP contribution in [0.3, 0.4) is 0 Å². The summed E-state index contributed by atoms with van der Waals surface area (Å²) >= 11 is 0. The van der Waals surface area contributed by atoms with Gasteiger partial charge in [-0.2, -0.15) is 0 Å². The van der Waals surface area contributed by atoms with E-state index in [-0.39, 0.29) is 5.91 Å². The van der Waals surface area contributed by atoms with Gasteiger partial charge in [0.05, 0.1) is 23.0 Å². The van der Waals surface area contributed by atoms with Gasteiger partial charge < -0.3 is 10.0 Å². The van der Waals surface area contributed by atoms with Gasteiger partial charge >= 0.3 is 0 Å². The second-order valence-electron chi connectivity index (χ2n) is 5.98. The Morgan fingerprint density at radius 2 is 2.12 bits per heavy atom. The molecule has 0 radical (unpaired) electrons. The van der Waals surface area contributed by atoms with Gasteiger partial charge in [-0.05, 0) is 25.5 Å². The maximum atomic E-state index is 12.6. The van der Waals surface area contributed by atoms with Gasteiger partial charge in [0.15, 0.2) is 5.69 Å². The average Bonchev–Trinajstić information content (AvgIpc) is 3.20. The zero-order valence-corrected chi connectivity index (χ0v) is 13.3. The summed E-state index contributed by atoms with van der Waals surface area (Å²) in [6.07, 6.45) is 1.88. The number of likely N-dealkylation sites (tertiary alicyclic amines) is 1. The van der Waals surface area contributed by atoms with Crippen LogP contribution in [0.15, 0.2) is 36.5 Å². The van der Waals surface area contributed by atoms with E-state index < -0.39 is 6.10 Å². The minimum absolute atomic E-state index is 0.191.